The van der Waals surface area contributed by atoms with Crippen molar-refractivity contribution < 1.29 is 4.79 Å². The number of hydrogen-bond donors (Lipinski definition) is 0. The SMILES string of the molecule is C#Cc1ccc(CN2CCCC(CCC(=O)N(C)C3CCN(C)CC3)C2)cc1. The number of amides is 1. The second-order valence-corrected chi connectivity index (χ2v) is 8.66. The molecule has 2 fully saturated rings. The number of piperidine rings is 2. The Balaban J connectivity index is 1.42. The van der Waals surface area contributed by atoms with Crippen molar-refractivity contribution in [1.29, 1.82) is 0 Å². The Morgan fingerprint density at radius 3 is 2.57 bits per heavy atom. The molecule has 1 unspecified atom stereocenters. The van der Waals surface area contributed by atoms with E-state index in [-0.39, 0.29) is 0 Å². The van der Waals surface area contributed by atoms with Gasteiger partial charge in [0, 0.05) is 38.2 Å². The van der Waals surface area contributed by atoms with Crippen molar-refractivity contribution >= 4 is 5.91 Å². The monoisotopic (exact) mass is 381 g/mol. The van der Waals surface area contributed by atoms with Crippen molar-refractivity contribution in [3.63, 3.8) is 0 Å². The molecule has 0 aliphatic carbocycles. The first-order valence-electron chi connectivity index (χ1n) is 10.8. The fourth-order valence-corrected chi connectivity index (χ4v) is 4.58. The zero-order valence-electron chi connectivity index (χ0n) is 17.6. The lowest BCUT2D eigenvalue weighted by Gasteiger charge is -2.36. The fraction of sp³-hybridized carbons (Fsp3) is 0.625. The molecule has 1 aromatic carbocycles. The van der Waals surface area contributed by atoms with E-state index < -0.39 is 0 Å². The largest absolute Gasteiger partial charge is 0.343 e. The van der Waals surface area contributed by atoms with Crippen LogP contribution in [-0.4, -0.2) is 66.9 Å². The first kappa shape index (κ1) is 20.9. The number of likely N-dealkylation sites (tertiary alicyclic amines) is 2. The summed E-state index contributed by atoms with van der Waals surface area (Å²) in [6, 6.07) is 8.75. The van der Waals surface area contributed by atoms with Crippen LogP contribution in [0.1, 0.15) is 49.7 Å². The van der Waals surface area contributed by atoms with Crippen molar-refractivity contribution in [2.24, 2.45) is 5.92 Å². The molecular formula is C24H35N3O. The second-order valence-electron chi connectivity index (χ2n) is 8.66. The zero-order chi connectivity index (χ0) is 19.9. The molecule has 4 nitrogen and oxygen atoms in total. The number of hydrogen-bond acceptors (Lipinski definition) is 3. The van der Waals surface area contributed by atoms with Gasteiger partial charge in [-0.05, 0) is 82.4 Å². The average molecular weight is 382 g/mol. The fourth-order valence-electron chi connectivity index (χ4n) is 4.58. The lowest BCUT2D eigenvalue weighted by Crippen LogP contribution is -2.44. The van der Waals surface area contributed by atoms with Crippen LogP contribution < -0.4 is 0 Å². The van der Waals surface area contributed by atoms with Crippen molar-refractivity contribution in [2.75, 3.05) is 40.3 Å². The molecule has 1 aromatic rings. The lowest BCUT2D eigenvalue weighted by atomic mass is 9.92. The highest BCUT2D eigenvalue weighted by atomic mass is 16.2. The van der Waals surface area contributed by atoms with E-state index in [1.54, 1.807) is 0 Å². The molecule has 2 saturated heterocycles. The highest BCUT2D eigenvalue weighted by Crippen LogP contribution is 2.24. The third-order valence-electron chi connectivity index (χ3n) is 6.53. The van der Waals surface area contributed by atoms with E-state index in [1.807, 2.05) is 24.1 Å². The minimum absolute atomic E-state index is 0.330. The molecule has 0 bridgehead atoms. The van der Waals surface area contributed by atoms with Gasteiger partial charge in [0.25, 0.3) is 0 Å². The third-order valence-corrected chi connectivity index (χ3v) is 6.53. The lowest BCUT2D eigenvalue weighted by molar-refractivity contribution is -0.133. The normalized spacial score (nSPS) is 22.0. The number of carbonyl (C=O) groups excluding carboxylic acids is 1. The standard InChI is InChI=1S/C24H35N3O/c1-4-20-7-9-22(10-8-20)19-27-15-5-6-21(18-27)11-12-24(28)26(3)23-13-16-25(2)17-14-23/h1,7-10,21,23H,5-6,11-19H2,2-3H3. The van der Waals surface area contributed by atoms with Gasteiger partial charge in [0.2, 0.25) is 5.91 Å². The van der Waals surface area contributed by atoms with E-state index in [2.05, 4.69) is 34.9 Å². The molecule has 0 spiro atoms. The molecule has 2 aliphatic rings. The Morgan fingerprint density at radius 1 is 1.18 bits per heavy atom. The van der Waals surface area contributed by atoms with Gasteiger partial charge in [-0.25, -0.2) is 0 Å². The van der Waals surface area contributed by atoms with Crippen LogP contribution in [0.4, 0.5) is 0 Å². The summed E-state index contributed by atoms with van der Waals surface area (Å²) in [4.78, 5) is 19.6. The molecule has 28 heavy (non-hydrogen) atoms. The highest BCUT2D eigenvalue weighted by Gasteiger charge is 2.25. The molecule has 2 aliphatic heterocycles. The van der Waals surface area contributed by atoms with Gasteiger partial charge in [-0.1, -0.05) is 18.1 Å². The van der Waals surface area contributed by atoms with Crippen LogP contribution in [0, 0.1) is 18.3 Å². The zero-order valence-corrected chi connectivity index (χ0v) is 17.6. The predicted molar refractivity (Wildman–Crippen MR) is 115 cm³/mol. The van der Waals surface area contributed by atoms with Gasteiger partial charge in [-0.15, -0.1) is 6.42 Å². The van der Waals surface area contributed by atoms with Gasteiger partial charge >= 0.3 is 0 Å². The smallest absolute Gasteiger partial charge is 0.222 e. The Bertz CT molecular complexity index is 670. The van der Waals surface area contributed by atoms with Crippen LogP contribution in [0.3, 0.4) is 0 Å². The van der Waals surface area contributed by atoms with E-state index in [9.17, 15) is 4.79 Å². The van der Waals surface area contributed by atoms with Crippen molar-refractivity contribution in [2.45, 2.75) is 51.1 Å². The summed E-state index contributed by atoms with van der Waals surface area (Å²) in [5, 5.41) is 0. The maximum Gasteiger partial charge on any atom is 0.222 e. The Labute approximate surface area is 170 Å². The molecule has 0 radical (unpaired) electrons. The molecule has 1 atom stereocenters. The maximum absolute atomic E-state index is 12.7. The van der Waals surface area contributed by atoms with Crippen LogP contribution in [0.15, 0.2) is 24.3 Å². The molecule has 0 N–H and O–H groups in total. The third kappa shape index (κ3) is 5.83. The van der Waals surface area contributed by atoms with Crippen LogP contribution in [0.25, 0.3) is 0 Å². The van der Waals surface area contributed by atoms with E-state index >= 15 is 0 Å². The van der Waals surface area contributed by atoms with Gasteiger partial charge in [-0.2, -0.15) is 0 Å². The van der Waals surface area contributed by atoms with Gasteiger partial charge in [0.15, 0.2) is 0 Å². The number of rotatable bonds is 6. The molecule has 3 rings (SSSR count). The first-order valence-corrected chi connectivity index (χ1v) is 10.8. The van der Waals surface area contributed by atoms with E-state index in [0.29, 0.717) is 24.3 Å². The molecule has 0 aromatic heterocycles. The van der Waals surface area contributed by atoms with Crippen molar-refractivity contribution in [1.82, 2.24) is 14.7 Å². The molecular weight excluding hydrogens is 346 g/mol. The number of terminal acetylenes is 1. The second kappa shape index (κ2) is 10.1. The maximum atomic E-state index is 12.7. The van der Waals surface area contributed by atoms with Gasteiger partial charge in [-0.3, -0.25) is 9.69 Å². The molecule has 1 amide bonds. The summed E-state index contributed by atoms with van der Waals surface area (Å²) in [5.74, 6) is 3.64. The van der Waals surface area contributed by atoms with Crippen LogP contribution in [0.5, 0.6) is 0 Å². The number of nitrogens with zero attached hydrogens (tertiary/aromatic N) is 3. The van der Waals surface area contributed by atoms with Crippen molar-refractivity contribution in [3.8, 4) is 12.3 Å². The van der Waals surface area contributed by atoms with Crippen molar-refractivity contribution in [3.05, 3.63) is 35.4 Å². The van der Waals surface area contributed by atoms with Gasteiger partial charge in [0.05, 0.1) is 0 Å². The van der Waals surface area contributed by atoms with Gasteiger partial charge in [0.1, 0.15) is 0 Å². The summed E-state index contributed by atoms with van der Waals surface area (Å²) < 4.78 is 0. The minimum atomic E-state index is 0.330. The van der Waals surface area contributed by atoms with Crippen LogP contribution in [0.2, 0.25) is 0 Å². The van der Waals surface area contributed by atoms with E-state index in [4.69, 9.17) is 6.42 Å². The minimum Gasteiger partial charge on any atom is -0.343 e. The molecule has 4 heteroatoms. The number of carbonyl (C=O) groups is 1. The summed E-state index contributed by atoms with van der Waals surface area (Å²) in [5.41, 5.74) is 2.25. The molecule has 152 valence electrons. The van der Waals surface area contributed by atoms with E-state index in [1.165, 1.54) is 18.4 Å². The van der Waals surface area contributed by atoms with Crippen LogP contribution in [-0.2, 0) is 11.3 Å². The Kier molecular flexibility index (Phi) is 7.53. The van der Waals surface area contributed by atoms with Crippen LogP contribution >= 0.6 is 0 Å². The average Bonchev–Trinajstić information content (AvgIpc) is 2.73. The highest BCUT2D eigenvalue weighted by molar-refractivity contribution is 5.76. The quantitative estimate of drug-likeness (QED) is 0.708. The Morgan fingerprint density at radius 2 is 1.89 bits per heavy atom. The van der Waals surface area contributed by atoms with Gasteiger partial charge < -0.3 is 9.80 Å². The summed E-state index contributed by atoms with van der Waals surface area (Å²) in [6.07, 6.45) is 11.8. The molecule has 2 heterocycles. The summed E-state index contributed by atoms with van der Waals surface area (Å²) in [6.45, 7) is 5.42. The topological polar surface area (TPSA) is 26.8 Å². The first-order chi connectivity index (χ1) is 13.5. The Hall–Kier alpha value is -1.83. The van der Waals surface area contributed by atoms with E-state index in [0.717, 1.165) is 57.5 Å². The summed E-state index contributed by atoms with van der Waals surface area (Å²) in [7, 11) is 4.17. The number of benzene rings is 1. The summed E-state index contributed by atoms with van der Waals surface area (Å²) >= 11 is 0. The molecule has 0 saturated carbocycles. The predicted octanol–water partition coefficient (Wildman–Crippen LogP) is 3.21.